The van der Waals surface area contributed by atoms with Gasteiger partial charge in [-0.05, 0) is 70.6 Å². The fraction of sp³-hybridized carbons (Fsp3) is 0.833. The Labute approximate surface area is 160 Å². The lowest BCUT2D eigenvalue weighted by Gasteiger charge is -2.13. The molecule has 1 heteroatoms. The fourth-order valence-corrected chi connectivity index (χ4v) is 5.50. The Balaban J connectivity index is 1.87. The van der Waals surface area contributed by atoms with Gasteiger partial charge >= 0.3 is 0 Å². The van der Waals surface area contributed by atoms with Crippen LogP contribution in [0.15, 0.2) is 22.8 Å². The summed E-state index contributed by atoms with van der Waals surface area (Å²) in [6.45, 7) is 0. The molecular weight excluding hydrogens is 319 g/mol. The maximum absolute atomic E-state index is 2.63. The highest BCUT2D eigenvalue weighted by molar-refractivity contribution is 7.47. The summed E-state index contributed by atoms with van der Waals surface area (Å²) in [5.74, 6) is 0. The van der Waals surface area contributed by atoms with E-state index in [1.165, 1.54) is 128 Å². The predicted octanol–water partition coefficient (Wildman–Crippen LogP) is 9.53. The van der Waals surface area contributed by atoms with E-state index in [4.69, 9.17) is 0 Å². The van der Waals surface area contributed by atoms with Gasteiger partial charge in [-0.3, -0.25) is 0 Å². The van der Waals surface area contributed by atoms with Crippen LogP contribution in [-0.4, -0.2) is 0 Å². The van der Waals surface area contributed by atoms with Crippen LogP contribution in [0.4, 0.5) is 0 Å². The summed E-state index contributed by atoms with van der Waals surface area (Å²) in [5, 5.41) is 3.50. The van der Waals surface area contributed by atoms with Crippen molar-refractivity contribution in [2.45, 2.75) is 128 Å². The summed E-state index contributed by atoms with van der Waals surface area (Å²) in [6, 6.07) is 0. The molecule has 0 aromatic carbocycles. The predicted molar refractivity (Wildman–Crippen MR) is 115 cm³/mol. The quantitative estimate of drug-likeness (QED) is 0.429. The first kappa shape index (κ1) is 21.2. The van der Waals surface area contributed by atoms with Crippen LogP contribution >= 0.6 is 8.58 Å². The molecule has 143 valence electrons. The van der Waals surface area contributed by atoms with Crippen molar-refractivity contribution in [3.63, 3.8) is 0 Å². The van der Waals surface area contributed by atoms with Crippen molar-refractivity contribution < 1.29 is 0 Å². The lowest BCUT2D eigenvalue weighted by atomic mass is 10.0. The summed E-state index contributed by atoms with van der Waals surface area (Å²) < 4.78 is 0. The van der Waals surface area contributed by atoms with Crippen molar-refractivity contribution in [1.29, 1.82) is 0 Å². The molecule has 0 aromatic rings. The molecule has 0 N–H and O–H groups in total. The first-order valence-electron chi connectivity index (χ1n) is 11.5. The van der Waals surface area contributed by atoms with Crippen molar-refractivity contribution in [3.8, 4) is 0 Å². The summed E-state index contributed by atoms with van der Waals surface area (Å²) in [6.07, 6.45) is 33.9. The van der Waals surface area contributed by atoms with E-state index in [-0.39, 0.29) is 0 Å². The van der Waals surface area contributed by atoms with Gasteiger partial charge in [0.1, 0.15) is 0 Å². The van der Waals surface area contributed by atoms with Crippen LogP contribution in [0.2, 0.25) is 0 Å². The molecule has 0 nitrogen and oxygen atoms in total. The zero-order chi connectivity index (χ0) is 17.4. The highest BCUT2D eigenvalue weighted by Gasteiger charge is 2.07. The zero-order valence-corrected chi connectivity index (χ0v) is 17.6. The molecule has 0 fully saturated rings. The molecule has 0 spiro atoms. The van der Waals surface area contributed by atoms with Crippen LogP contribution in [0.3, 0.4) is 0 Å². The Morgan fingerprint density at radius 2 is 0.720 bits per heavy atom. The van der Waals surface area contributed by atoms with Gasteiger partial charge in [0.2, 0.25) is 0 Å². The first-order valence-corrected chi connectivity index (χ1v) is 12.4. The van der Waals surface area contributed by atoms with E-state index in [1.807, 2.05) is 0 Å². The lowest BCUT2D eigenvalue weighted by molar-refractivity contribution is 0.564. The summed E-state index contributed by atoms with van der Waals surface area (Å²) in [5.41, 5.74) is 0. The van der Waals surface area contributed by atoms with Crippen molar-refractivity contribution in [2.24, 2.45) is 0 Å². The molecule has 0 aliphatic heterocycles. The minimum Gasteiger partial charge on any atom is -0.0802 e. The summed E-state index contributed by atoms with van der Waals surface area (Å²) in [7, 11) is 1.59. The molecule has 0 bridgehead atoms. The minimum absolute atomic E-state index is 1.33. The topological polar surface area (TPSA) is 0 Å². The third-order valence-electron chi connectivity index (χ3n) is 5.82. The van der Waals surface area contributed by atoms with Crippen LogP contribution in [-0.2, 0) is 0 Å². The fourth-order valence-electron chi connectivity index (χ4n) is 4.15. The van der Waals surface area contributed by atoms with Crippen LogP contribution in [0.5, 0.6) is 0 Å². The maximum atomic E-state index is 2.63. The Kier molecular flexibility index (Phi) is 12.7. The molecule has 0 saturated heterocycles. The average Bonchev–Trinajstić information content (AvgIpc) is 2.59. The second kappa shape index (κ2) is 15.0. The highest BCUT2D eigenvalue weighted by Crippen LogP contribution is 2.40. The smallest absolute Gasteiger partial charge is 0.0196 e. The van der Waals surface area contributed by atoms with E-state index in [9.17, 15) is 0 Å². The van der Waals surface area contributed by atoms with Gasteiger partial charge in [0.15, 0.2) is 0 Å². The van der Waals surface area contributed by atoms with Crippen LogP contribution in [0.25, 0.3) is 0 Å². The molecule has 2 aliphatic rings. The molecule has 2 rings (SSSR count). The Bertz CT molecular complexity index is 344. The van der Waals surface area contributed by atoms with Crippen LogP contribution in [0, 0.1) is 0 Å². The minimum atomic E-state index is 1.33. The third kappa shape index (κ3) is 11.3. The second-order valence-corrected chi connectivity index (χ2v) is 9.61. The molecule has 0 unspecified atom stereocenters. The van der Waals surface area contributed by atoms with E-state index in [2.05, 4.69) is 12.2 Å². The van der Waals surface area contributed by atoms with Crippen molar-refractivity contribution in [2.75, 3.05) is 0 Å². The van der Waals surface area contributed by atoms with Gasteiger partial charge in [-0.15, -0.1) is 0 Å². The summed E-state index contributed by atoms with van der Waals surface area (Å²) >= 11 is 0. The van der Waals surface area contributed by atoms with Crippen LogP contribution in [0.1, 0.15) is 128 Å². The van der Waals surface area contributed by atoms with E-state index in [0.717, 1.165) is 0 Å². The molecule has 0 amide bonds. The normalized spacial score (nSPS) is 28.0. The van der Waals surface area contributed by atoms with Gasteiger partial charge in [0.05, 0.1) is 0 Å². The van der Waals surface area contributed by atoms with E-state index < -0.39 is 0 Å². The van der Waals surface area contributed by atoms with E-state index >= 15 is 0 Å². The second-order valence-electron chi connectivity index (χ2n) is 8.24. The maximum Gasteiger partial charge on any atom is -0.0196 e. The summed E-state index contributed by atoms with van der Waals surface area (Å²) in [4.78, 5) is 0. The number of allylic oxidation sites excluding steroid dienone is 4. The van der Waals surface area contributed by atoms with E-state index in [1.54, 1.807) is 19.2 Å². The number of hydrogen-bond donors (Lipinski definition) is 0. The molecule has 25 heavy (non-hydrogen) atoms. The van der Waals surface area contributed by atoms with Gasteiger partial charge in [-0.1, -0.05) is 89.2 Å². The number of hydrogen-bond acceptors (Lipinski definition) is 0. The SMILES string of the molecule is C1=C(\[P]/C2=C\CCCCCCCCCC2)CCCCCCCCCC/1. The van der Waals surface area contributed by atoms with Gasteiger partial charge in [-0.2, -0.15) is 0 Å². The lowest BCUT2D eigenvalue weighted by Crippen LogP contribution is -1.88. The highest BCUT2D eigenvalue weighted by atomic mass is 31.1. The average molecular weight is 362 g/mol. The Hall–Kier alpha value is -0.0900. The molecule has 0 saturated carbocycles. The standard InChI is InChI=1S/C24H42P/c1-3-7-11-15-19-23(20-16-12-8-4-1)25-24-21-17-13-9-5-2-6-10-14-18-22-24/h19,21H,1-18,20,22H2/b23-19-,24-21-. The van der Waals surface area contributed by atoms with Crippen molar-refractivity contribution in [3.05, 3.63) is 22.8 Å². The Morgan fingerprint density at radius 1 is 0.400 bits per heavy atom. The molecule has 0 aromatic heterocycles. The van der Waals surface area contributed by atoms with Crippen molar-refractivity contribution in [1.82, 2.24) is 0 Å². The Morgan fingerprint density at radius 3 is 1.12 bits per heavy atom. The first-order chi connectivity index (χ1) is 12.4. The number of rotatable bonds is 2. The molecule has 1 radical (unpaired) electrons. The molecule has 0 atom stereocenters. The van der Waals surface area contributed by atoms with Gasteiger partial charge in [0.25, 0.3) is 0 Å². The molecule has 2 aliphatic carbocycles. The molecule has 0 heterocycles. The molecular formula is C24H42P. The van der Waals surface area contributed by atoms with Gasteiger partial charge < -0.3 is 0 Å². The zero-order valence-electron chi connectivity index (χ0n) is 16.7. The van der Waals surface area contributed by atoms with Gasteiger partial charge in [0, 0.05) is 0 Å². The van der Waals surface area contributed by atoms with Gasteiger partial charge in [-0.25, -0.2) is 0 Å². The largest absolute Gasteiger partial charge is 0.0802 e. The van der Waals surface area contributed by atoms with Crippen LogP contribution < -0.4 is 0 Å². The van der Waals surface area contributed by atoms with Crippen molar-refractivity contribution >= 4 is 8.58 Å². The monoisotopic (exact) mass is 361 g/mol. The van der Waals surface area contributed by atoms with E-state index in [0.29, 0.717) is 0 Å². The third-order valence-corrected chi connectivity index (χ3v) is 7.21.